The highest BCUT2D eigenvalue weighted by Gasteiger charge is 1.81. The Hall–Kier alpha value is -1.09. The van der Waals surface area contributed by atoms with E-state index in [4.69, 9.17) is 0 Å². The van der Waals surface area contributed by atoms with Crippen LogP contribution >= 0.6 is 0 Å². The highest BCUT2D eigenvalue weighted by molar-refractivity contribution is 5.71. The summed E-state index contributed by atoms with van der Waals surface area (Å²) in [5.74, 6) is 0. The molecule has 0 spiro atoms. The molecule has 0 atom stereocenters. The smallest absolute Gasteiger partial charge is 0.166 e. The highest BCUT2D eigenvalue weighted by Crippen LogP contribution is 1.85. The number of aromatic nitrogens is 1. The summed E-state index contributed by atoms with van der Waals surface area (Å²) in [4.78, 5) is 12.6. The van der Waals surface area contributed by atoms with Crippen molar-refractivity contribution >= 4 is 6.29 Å². The number of ether oxygens (including phenoxy) is 1. The van der Waals surface area contributed by atoms with Crippen LogP contribution in [0.25, 0.3) is 0 Å². The Morgan fingerprint density at radius 2 is 2.36 bits per heavy atom. The molecule has 0 radical (unpaired) electrons. The number of methoxy groups -OCH3 is 1. The van der Waals surface area contributed by atoms with Crippen LogP contribution in [0.2, 0.25) is 0 Å². The van der Waals surface area contributed by atoms with E-state index in [9.17, 15) is 4.79 Å². The zero-order valence-electron chi connectivity index (χ0n) is 6.83. The van der Waals surface area contributed by atoms with Gasteiger partial charge in [0.2, 0.25) is 0 Å². The SMILES string of the molecule is CCOC.O=Cc1ccc[nH]1. The van der Waals surface area contributed by atoms with E-state index in [1.54, 1.807) is 25.4 Å². The maximum absolute atomic E-state index is 9.84. The molecule has 11 heavy (non-hydrogen) atoms. The summed E-state index contributed by atoms with van der Waals surface area (Å²) >= 11 is 0. The lowest BCUT2D eigenvalue weighted by molar-refractivity contribution is 0.111. The van der Waals surface area contributed by atoms with E-state index >= 15 is 0 Å². The maximum Gasteiger partial charge on any atom is 0.166 e. The second kappa shape index (κ2) is 7.02. The van der Waals surface area contributed by atoms with Crippen molar-refractivity contribution in [2.75, 3.05) is 13.7 Å². The monoisotopic (exact) mass is 155 g/mol. The third-order valence-electron chi connectivity index (χ3n) is 1.04. The Morgan fingerprint density at radius 1 is 1.73 bits per heavy atom. The van der Waals surface area contributed by atoms with Gasteiger partial charge in [-0.3, -0.25) is 4.79 Å². The Balaban J connectivity index is 0.000000218. The third-order valence-corrected chi connectivity index (χ3v) is 1.04. The van der Waals surface area contributed by atoms with E-state index in [-0.39, 0.29) is 0 Å². The van der Waals surface area contributed by atoms with E-state index < -0.39 is 0 Å². The van der Waals surface area contributed by atoms with Gasteiger partial charge < -0.3 is 9.72 Å². The van der Waals surface area contributed by atoms with Crippen LogP contribution in [0, 0.1) is 0 Å². The Kier molecular flexibility index (Phi) is 6.33. The van der Waals surface area contributed by atoms with Gasteiger partial charge in [-0.1, -0.05) is 0 Å². The molecule has 1 N–H and O–H groups in total. The summed E-state index contributed by atoms with van der Waals surface area (Å²) in [6.45, 7) is 2.78. The Labute approximate surface area is 66.4 Å². The number of carbonyl (C=O) groups is 1. The van der Waals surface area contributed by atoms with E-state index in [2.05, 4.69) is 9.72 Å². The molecular formula is C8H13NO2. The predicted octanol–water partition coefficient (Wildman–Crippen LogP) is 1.48. The number of nitrogens with one attached hydrogen (secondary N) is 1. The zero-order valence-corrected chi connectivity index (χ0v) is 6.83. The predicted molar refractivity (Wildman–Crippen MR) is 43.7 cm³/mol. The highest BCUT2D eigenvalue weighted by atomic mass is 16.5. The lowest BCUT2D eigenvalue weighted by Gasteiger charge is -1.76. The molecule has 1 aromatic rings. The number of hydrogen-bond donors (Lipinski definition) is 1. The maximum atomic E-state index is 9.84. The van der Waals surface area contributed by atoms with Crippen LogP contribution in [0.1, 0.15) is 17.4 Å². The molecule has 0 amide bonds. The zero-order chi connectivity index (χ0) is 8.53. The summed E-state index contributed by atoms with van der Waals surface area (Å²) in [5, 5.41) is 0. The standard InChI is InChI=1S/C5H5NO.C3H8O/c7-4-5-2-1-3-6-5;1-3-4-2/h1-4,6H;3H2,1-2H3. The molecule has 0 saturated heterocycles. The molecule has 1 heterocycles. The van der Waals surface area contributed by atoms with Crippen LogP contribution in [0.3, 0.4) is 0 Å². The fraction of sp³-hybridized carbons (Fsp3) is 0.375. The minimum Gasteiger partial charge on any atom is -0.385 e. The van der Waals surface area contributed by atoms with Crippen LogP contribution in [0.15, 0.2) is 18.3 Å². The summed E-state index contributed by atoms with van der Waals surface area (Å²) in [6, 6.07) is 3.50. The molecule has 0 saturated carbocycles. The third kappa shape index (κ3) is 5.36. The van der Waals surface area contributed by atoms with Crippen molar-refractivity contribution in [3.05, 3.63) is 24.0 Å². The van der Waals surface area contributed by atoms with Crippen molar-refractivity contribution in [2.24, 2.45) is 0 Å². The molecule has 1 aromatic heterocycles. The molecule has 0 fully saturated rings. The summed E-state index contributed by atoms with van der Waals surface area (Å²) in [6.07, 6.45) is 2.49. The topological polar surface area (TPSA) is 42.1 Å². The van der Waals surface area contributed by atoms with E-state index in [0.29, 0.717) is 5.69 Å². The largest absolute Gasteiger partial charge is 0.385 e. The fourth-order valence-electron chi connectivity index (χ4n) is 0.418. The lowest BCUT2D eigenvalue weighted by Crippen LogP contribution is -1.73. The van der Waals surface area contributed by atoms with Gasteiger partial charge in [-0.05, 0) is 19.1 Å². The first-order valence-electron chi connectivity index (χ1n) is 3.42. The normalized spacial score (nSPS) is 8.18. The van der Waals surface area contributed by atoms with Gasteiger partial charge >= 0.3 is 0 Å². The number of aromatic amines is 1. The Bertz CT molecular complexity index is 168. The fourth-order valence-corrected chi connectivity index (χ4v) is 0.418. The number of hydrogen-bond acceptors (Lipinski definition) is 2. The number of rotatable bonds is 2. The minimum atomic E-state index is 0.625. The van der Waals surface area contributed by atoms with Gasteiger partial charge in [0, 0.05) is 19.9 Å². The first kappa shape index (κ1) is 9.91. The molecule has 0 aromatic carbocycles. The van der Waals surface area contributed by atoms with Crippen molar-refractivity contribution in [2.45, 2.75) is 6.92 Å². The van der Waals surface area contributed by atoms with E-state index in [0.717, 1.165) is 12.9 Å². The van der Waals surface area contributed by atoms with Crippen molar-refractivity contribution in [1.82, 2.24) is 4.98 Å². The molecule has 0 bridgehead atoms. The molecule has 3 heteroatoms. The molecule has 0 aliphatic carbocycles. The first-order chi connectivity index (χ1) is 5.35. The van der Waals surface area contributed by atoms with Gasteiger partial charge in [-0.2, -0.15) is 0 Å². The average Bonchev–Trinajstić information content (AvgIpc) is 2.56. The summed E-state index contributed by atoms with van der Waals surface area (Å²) in [7, 11) is 1.68. The second-order valence-electron chi connectivity index (χ2n) is 1.82. The first-order valence-corrected chi connectivity index (χ1v) is 3.42. The molecule has 0 aliphatic heterocycles. The number of aldehydes is 1. The summed E-state index contributed by atoms with van der Waals surface area (Å²) in [5.41, 5.74) is 0.625. The second-order valence-corrected chi connectivity index (χ2v) is 1.82. The van der Waals surface area contributed by atoms with Crippen LogP contribution in [-0.4, -0.2) is 25.0 Å². The van der Waals surface area contributed by atoms with Crippen molar-refractivity contribution in [3.63, 3.8) is 0 Å². The van der Waals surface area contributed by atoms with Gasteiger partial charge in [-0.15, -0.1) is 0 Å². The molecule has 1 rings (SSSR count). The van der Waals surface area contributed by atoms with Gasteiger partial charge in [0.25, 0.3) is 0 Å². The van der Waals surface area contributed by atoms with Crippen LogP contribution in [0.5, 0.6) is 0 Å². The summed E-state index contributed by atoms with van der Waals surface area (Å²) < 4.78 is 4.54. The number of H-pyrrole nitrogens is 1. The van der Waals surface area contributed by atoms with Crippen LogP contribution in [-0.2, 0) is 4.74 Å². The van der Waals surface area contributed by atoms with Crippen LogP contribution < -0.4 is 0 Å². The van der Waals surface area contributed by atoms with Crippen molar-refractivity contribution < 1.29 is 9.53 Å². The Morgan fingerprint density at radius 3 is 2.55 bits per heavy atom. The molecule has 62 valence electrons. The molecule has 3 nitrogen and oxygen atoms in total. The lowest BCUT2D eigenvalue weighted by atomic mass is 10.5. The van der Waals surface area contributed by atoms with Gasteiger partial charge in [0.15, 0.2) is 6.29 Å². The molecular weight excluding hydrogens is 142 g/mol. The van der Waals surface area contributed by atoms with Gasteiger partial charge in [-0.25, -0.2) is 0 Å². The van der Waals surface area contributed by atoms with Crippen molar-refractivity contribution in [1.29, 1.82) is 0 Å². The average molecular weight is 155 g/mol. The molecule has 0 aliphatic rings. The quantitative estimate of drug-likeness (QED) is 0.657. The van der Waals surface area contributed by atoms with E-state index in [1.807, 2.05) is 6.92 Å². The minimum absolute atomic E-state index is 0.625. The number of carbonyl (C=O) groups excluding carboxylic acids is 1. The molecule has 0 unspecified atom stereocenters. The van der Waals surface area contributed by atoms with Crippen molar-refractivity contribution in [3.8, 4) is 0 Å². The van der Waals surface area contributed by atoms with E-state index in [1.165, 1.54) is 0 Å². The van der Waals surface area contributed by atoms with Gasteiger partial charge in [0.1, 0.15) is 0 Å². The van der Waals surface area contributed by atoms with Gasteiger partial charge in [0.05, 0.1) is 5.69 Å². The van der Waals surface area contributed by atoms with Crippen LogP contribution in [0.4, 0.5) is 0 Å².